The van der Waals surface area contributed by atoms with Crippen LogP contribution in [-0.2, 0) is 4.74 Å². The predicted molar refractivity (Wildman–Crippen MR) is 60.1 cm³/mol. The summed E-state index contributed by atoms with van der Waals surface area (Å²) in [5.41, 5.74) is 6.13. The SMILES string of the molecule is COCCSc1ccc([N+](=O)[O-])cc1N. The molecule has 82 valence electrons. The van der Waals surface area contributed by atoms with E-state index in [2.05, 4.69) is 0 Å². The molecule has 0 saturated carbocycles. The van der Waals surface area contributed by atoms with Crippen LogP contribution in [0.15, 0.2) is 23.1 Å². The van der Waals surface area contributed by atoms with Crippen LogP contribution in [0.1, 0.15) is 0 Å². The van der Waals surface area contributed by atoms with Crippen LogP contribution in [0.3, 0.4) is 0 Å². The Morgan fingerprint density at radius 3 is 2.87 bits per heavy atom. The fourth-order valence-corrected chi connectivity index (χ4v) is 1.88. The topological polar surface area (TPSA) is 78.4 Å². The number of nitrogens with two attached hydrogens (primary N) is 1. The number of rotatable bonds is 5. The van der Waals surface area contributed by atoms with E-state index in [1.54, 1.807) is 13.2 Å². The van der Waals surface area contributed by atoms with E-state index in [0.717, 1.165) is 10.6 Å². The zero-order chi connectivity index (χ0) is 11.3. The zero-order valence-electron chi connectivity index (χ0n) is 8.30. The van der Waals surface area contributed by atoms with Crippen LogP contribution >= 0.6 is 11.8 Å². The molecule has 0 atom stereocenters. The summed E-state index contributed by atoms with van der Waals surface area (Å²) in [5, 5.41) is 10.4. The monoisotopic (exact) mass is 228 g/mol. The Bertz CT molecular complexity index is 357. The molecule has 0 saturated heterocycles. The minimum absolute atomic E-state index is 0.0172. The molecule has 0 aliphatic heterocycles. The number of nitrogens with zero attached hydrogens (tertiary/aromatic N) is 1. The van der Waals surface area contributed by atoms with Gasteiger partial charge < -0.3 is 10.5 Å². The average molecular weight is 228 g/mol. The van der Waals surface area contributed by atoms with Gasteiger partial charge in [0.15, 0.2) is 0 Å². The van der Waals surface area contributed by atoms with Crippen LogP contribution < -0.4 is 5.73 Å². The van der Waals surface area contributed by atoms with Crippen LogP contribution in [0.4, 0.5) is 11.4 Å². The van der Waals surface area contributed by atoms with Gasteiger partial charge in [-0.1, -0.05) is 0 Å². The number of anilines is 1. The Balaban J connectivity index is 2.70. The molecule has 0 aromatic heterocycles. The fraction of sp³-hybridized carbons (Fsp3) is 0.333. The van der Waals surface area contributed by atoms with Gasteiger partial charge in [-0.25, -0.2) is 0 Å². The van der Waals surface area contributed by atoms with Crippen LogP contribution in [-0.4, -0.2) is 24.4 Å². The summed E-state index contributed by atoms with van der Waals surface area (Å²) in [6.07, 6.45) is 0. The Morgan fingerprint density at radius 1 is 1.60 bits per heavy atom. The average Bonchev–Trinajstić information content (AvgIpc) is 2.20. The molecule has 0 amide bonds. The molecule has 0 spiro atoms. The van der Waals surface area contributed by atoms with Gasteiger partial charge in [-0.3, -0.25) is 10.1 Å². The molecule has 0 unspecified atom stereocenters. The summed E-state index contributed by atoms with van der Waals surface area (Å²) in [5.74, 6) is 0.776. The van der Waals surface area contributed by atoms with Crippen LogP contribution in [0.25, 0.3) is 0 Å². The van der Waals surface area contributed by atoms with Crippen molar-refractivity contribution >= 4 is 23.1 Å². The first kappa shape index (κ1) is 11.8. The fourth-order valence-electron chi connectivity index (χ4n) is 1.02. The number of methoxy groups -OCH3 is 1. The smallest absolute Gasteiger partial charge is 0.271 e. The van der Waals surface area contributed by atoms with E-state index < -0.39 is 4.92 Å². The van der Waals surface area contributed by atoms with Crippen molar-refractivity contribution in [3.05, 3.63) is 28.3 Å². The normalized spacial score (nSPS) is 10.2. The van der Waals surface area contributed by atoms with E-state index in [1.807, 2.05) is 0 Å². The lowest BCUT2D eigenvalue weighted by atomic mass is 10.3. The van der Waals surface area contributed by atoms with Crippen molar-refractivity contribution < 1.29 is 9.66 Å². The lowest BCUT2D eigenvalue weighted by Crippen LogP contribution is -1.95. The van der Waals surface area contributed by atoms with E-state index in [4.69, 9.17) is 10.5 Å². The third kappa shape index (κ3) is 3.41. The highest BCUT2D eigenvalue weighted by atomic mass is 32.2. The molecule has 0 heterocycles. The minimum atomic E-state index is -0.458. The largest absolute Gasteiger partial charge is 0.398 e. The molecule has 2 N–H and O–H groups in total. The van der Waals surface area contributed by atoms with Gasteiger partial charge in [0.1, 0.15) is 0 Å². The van der Waals surface area contributed by atoms with E-state index in [0.29, 0.717) is 12.3 Å². The molecule has 0 aliphatic rings. The third-order valence-electron chi connectivity index (χ3n) is 1.75. The number of ether oxygens (including phenoxy) is 1. The van der Waals surface area contributed by atoms with Gasteiger partial charge in [0, 0.05) is 29.9 Å². The lowest BCUT2D eigenvalue weighted by molar-refractivity contribution is -0.384. The molecule has 0 fully saturated rings. The number of nitro benzene ring substituents is 1. The van der Waals surface area contributed by atoms with Gasteiger partial charge in [0.2, 0.25) is 0 Å². The number of hydrogen-bond donors (Lipinski definition) is 1. The van der Waals surface area contributed by atoms with Crippen molar-refractivity contribution in [2.75, 3.05) is 25.2 Å². The lowest BCUT2D eigenvalue weighted by Gasteiger charge is -2.04. The highest BCUT2D eigenvalue weighted by Crippen LogP contribution is 2.28. The van der Waals surface area contributed by atoms with E-state index in [9.17, 15) is 10.1 Å². The molecule has 1 aromatic carbocycles. The number of hydrogen-bond acceptors (Lipinski definition) is 5. The Kier molecular flexibility index (Phi) is 4.38. The first-order chi connectivity index (χ1) is 7.15. The van der Waals surface area contributed by atoms with Crippen molar-refractivity contribution in [2.24, 2.45) is 0 Å². The summed E-state index contributed by atoms with van der Waals surface area (Å²) in [7, 11) is 1.62. The van der Waals surface area contributed by atoms with Crippen LogP contribution in [0.5, 0.6) is 0 Å². The minimum Gasteiger partial charge on any atom is -0.398 e. The van der Waals surface area contributed by atoms with Gasteiger partial charge in [0.25, 0.3) is 5.69 Å². The quantitative estimate of drug-likeness (QED) is 0.274. The first-order valence-electron chi connectivity index (χ1n) is 4.31. The molecule has 5 nitrogen and oxygen atoms in total. The Morgan fingerprint density at radius 2 is 2.33 bits per heavy atom. The highest BCUT2D eigenvalue weighted by Gasteiger charge is 2.08. The molecule has 0 radical (unpaired) electrons. The van der Waals surface area contributed by atoms with E-state index >= 15 is 0 Å². The number of benzene rings is 1. The third-order valence-corrected chi connectivity index (χ3v) is 2.80. The second-order valence-corrected chi connectivity index (χ2v) is 3.96. The number of nitrogen functional groups attached to an aromatic ring is 1. The molecule has 15 heavy (non-hydrogen) atoms. The van der Waals surface area contributed by atoms with Crippen molar-refractivity contribution in [3.8, 4) is 0 Å². The summed E-state index contributed by atoms with van der Waals surface area (Å²) < 4.78 is 4.90. The predicted octanol–water partition coefficient (Wildman–Crippen LogP) is 1.92. The zero-order valence-corrected chi connectivity index (χ0v) is 9.12. The molecular weight excluding hydrogens is 216 g/mol. The summed E-state index contributed by atoms with van der Waals surface area (Å²) in [6.45, 7) is 0.626. The Hall–Kier alpha value is -1.27. The van der Waals surface area contributed by atoms with Crippen molar-refractivity contribution in [1.29, 1.82) is 0 Å². The summed E-state index contributed by atoms with van der Waals surface area (Å²) in [6, 6.07) is 4.48. The maximum absolute atomic E-state index is 10.4. The number of nitro groups is 1. The molecule has 0 bridgehead atoms. The standard InChI is InChI=1S/C9H12N2O3S/c1-14-4-5-15-9-3-2-7(11(12)13)6-8(9)10/h2-3,6H,4-5,10H2,1H3. The molecule has 6 heteroatoms. The van der Waals surface area contributed by atoms with Gasteiger partial charge >= 0.3 is 0 Å². The maximum Gasteiger partial charge on any atom is 0.271 e. The highest BCUT2D eigenvalue weighted by molar-refractivity contribution is 7.99. The van der Waals surface area contributed by atoms with Gasteiger partial charge in [-0.2, -0.15) is 0 Å². The first-order valence-corrected chi connectivity index (χ1v) is 5.29. The van der Waals surface area contributed by atoms with Crippen LogP contribution in [0, 0.1) is 10.1 Å². The maximum atomic E-state index is 10.4. The second-order valence-electron chi connectivity index (χ2n) is 2.82. The Labute approximate surface area is 91.8 Å². The van der Waals surface area contributed by atoms with E-state index in [1.165, 1.54) is 23.9 Å². The second kappa shape index (κ2) is 5.57. The molecule has 1 aromatic rings. The molecule has 1 rings (SSSR count). The van der Waals surface area contributed by atoms with Crippen molar-refractivity contribution in [1.82, 2.24) is 0 Å². The van der Waals surface area contributed by atoms with Gasteiger partial charge in [0.05, 0.1) is 17.2 Å². The number of non-ortho nitro benzene ring substituents is 1. The molecule has 0 aliphatic carbocycles. The summed E-state index contributed by atoms with van der Waals surface area (Å²) >= 11 is 1.52. The van der Waals surface area contributed by atoms with Crippen molar-refractivity contribution in [3.63, 3.8) is 0 Å². The van der Waals surface area contributed by atoms with Gasteiger partial charge in [-0.15, -0.1) is 11.8 Å². The molecular formula is C9H12N2O3S. The number of thioether (sulfide) groups is 1. The van der Waals surface area contributed by atoms with Gasteiger partial charge in [-0.05, 0) is 6.07 Å². The van der Waals surface area contributed by atoms with E-state index in [-0.39, 0.29) is 5.69 Å². The van der Waals surface area contributed by atoms with Crippen LogP contribution in [0.2, 0.25) is 0 Å². The van der Waals surface area contributed by atoms with Crippen molar-refractivity contribution in [2.45, 2.75) is 4.90 Å². The summed E-state index contributed by atoms with van der Waals surface area (Å²) in [4.78, 5) is 10.8.